The first-order valence-corrected chi connectivity index (χ1v) is 11.7. The van der Waals surface area contributed by atoms with Gasteiger partial charge >= 0.3 is 18.1 Å². The Labute approximate surface area is 216 Å². The van der Waals surface area contributed by atoms with E-state index < -0.39 is 48.9 Å². The summed E-state index contributed by atoms with van der Waals surface area (Å²) in [5, 5.41) is 0. The van der Waals surface area contributed by atoms with Gasteiger partial charge < -0.3 is 25.0 Å². The fourth-order valence-electron chi connectivity index (χ4n) is 3.86. The van der Waals surface area contributed by atoms with Gasteiger partial charge in [0.05, 0.1) is 24.3 Å². The summed E-state index contributed by atoms with van der Waals surface area (Å²) in [7, 11) is 1.50. The second-order valence-electron chi connectivity index (χ2n) is 8.74. The van der Waals surface area contributed by atoms with E-state index >= 15 is 0 Å². The number of nitrogens with zero attached hydrogens (tertiary/aromatic N) is 3. The van der Waals surface area contributed by atoms with Crippen LogP contribution in [0.2, 0.25) is 0 Å². The maximum Gasteiger partial charge on any atom is 0.491 e. The molecule has 1 aromatic carbocycles. The molecule has 2 heterocycles. The number of aryl methyl sites for hydroxylation is 1. The van der Waals surface area contributed by atoms with E-state index in [0.29, 0.717) is 36.7 Å². The van der Waals surface area contributed by atoms with Gasteiger partial charge in [-0.15, -0.1) is 0 Å². The van der Waals surface area contributed by atoms with Gasteiger partial charge in [0.15, 0.2) is 11.6 Å². The van der Waals surface area contributed by atoms with Crippen LogP contribution in [0.3, 0.4) is 0 Å². The van der Waals surface area contributed by atoms with Crippen molar-refractivity contribution in [3.63, 3.8) is 0 Å². The Balaban J connectivity index is 1.66. The fraction of sp³-hybridized carbons (Fsp3) is 0.400. The van der Waals surface area contributed by atoms with Crippen LogP contribution in [0.15, 0.2) is 36.5 Å². The molecule has 38 heavy (non-hydrogen) atoms. The minimum absolute atomic E-state index is 0.210. The van der Waals surface area contributed by atoms with Gasteiger partial charge in [0.1, 0.15) is 6.54 Å². The molecule has 0 saturated heterocycles. The van der Waals surface area contributed by atoms with Gasteiger partial charge in [0, 0.05) is 19.3 Å². The van der Waals surface area contributed by atoms with Gasteiger partial charge in [0.2, 0.25) is 5.91 Å². The fourth-order valence-corrected chi connectivity index (χ4v) is 3.86. The number of hydrogen-bond donors (Lipinski definition) is 1. The van der Waals surface area contributed by atoms with E-state index in [4.69, 9.17) is 10.5 Å². The lowest BCUT2D eigenvalue weighted by Gasteiger charge is -2.26. The summed E-state index contributed by atoms with van der Waals surface area (Å²) in [5.41, 5.74) is 7.15. The van der Waals surface area contributed by atoms with E-state index in [1.54, 1.807) is 36.5 Å². The number of likely N-dealkylation sites (N-methyl/N-ethyl adjacent to an activating group) is 1. The minimum atomic E-state index is -5.33. The van der Waals surface area contributed by atoms with Crippen molar-refractivity contribution >= 4 is 35.3 Å². The van der Waals surface area contributed by atoms with E-state index in [1.807, 2.05) is 0 Å². The second kappa shape index (κ2) is 11.9. The van der Waals surface area contributed by atoms with Crippen LogP contribution < -0.4 is 15.4 Å². The number of benzene rings is 1. The Bertz CT molecular complexity index is 1220. The number of esters is 2. The molecule has 0 spiro atoms. The zero-order valence-electron chi connectivity index (χ0n) is 20.8. The van der Waals surface area contributed by atoms with Gasteiger partial charge in [-0.3, -0.25) is 14.4 Å². The van der Waals surface area contributed by atoms with Crippen LogP contribution in [0, 0.1) is 0 Å². The van der Waals surface area contributed by atoms with E-state index in [0.717, 1.165) is 16.9 Å². The SMILES string of the molecule is CC(CC(=O)OC(=O)C(F)(F)F)N1CC(=O)N(C)c2ccc(CCCCOc3cccnc3N)cc2C1=O. The molecular formula is C25H27F3N4O6. The van der Waals surface area contributed by atoms with Gasteiger partial charge in [-0.05, 0) is 56.0 Å². The first kappa shape index (κ1) is 28.4. The van der Waals surface area contributed by atoms with Crippen molar-refractivity contribution in [2.24, 2.45) is 0 Å². The first-order valence-electron chi connectivity index (χ1n) is 11.7. The average molecular weight is 537 g/mol. The van der Waals surface area contributed by atoms with Crippen LogP contribution in [0.5, 0.6) is 5.75 Å². The summed E-state index contributed by atoms with van der Waals surface area (Å²) >= 11 is 0. The normalized spacial score (nSPS) is 14.6. The van der Waals surface area contributed by atoms with Crippen LogP contribution in [0.4, 0.5) is 24.7 Å². The molecule has 1 atom stereocenters. The number of hydrogen-bond acceptors (Lipinski definition) is 8. The number of aromatic nitrogens is 1. The molecule has 2 aromatic rings. The number of alkyl halides is 3. The average Bonchev–Trinajstić information content (AvgIpc) is 2.94. The summed E-state index contributed by atoms with van der Waals surface area (Å²) < 4.78 is 46.6. The molecule has 1 unspecified atom stereocenters. The van der Waals surface area contributed by atoms with Crippen molar-refractivity contribution in [3.05, 3.63) is 47.7 Å². The Kier molecular flexibility index (Phi) is 8.92. The maximum atomic E-state index is 13.4. The molecule has 2 amide bonds. The van der Waals surface area contributed by atoms with Crippen molar-refractivity contribution in [3.8, 4) is 5.75 Å². The number of rotatable bonds is 9. The quantitative estimate of drug-likeness (QED) is 0.294. The number of halogens is 3. The zero-order chi connectivity index (χ0) is 28.0. The predicted octanol–water partition coefficient (Wildman–Crippen LogP) is 2.89. The van der Waals surface area contributed by atoms with Crippen LogP contribution in [0.25, 0.3) is 0 Å². The second-order valence-corrected chi connectivity index (χ2v) is 8.74. The molecule has 2 N–H and O–H groups in total. The highest BCUT2D eigenvalue weighted by Gasteiger charge is 2.43. The summed E-state index contributed by atoms with van der Waals surface area (Å²) in [5.74, 6) is -4.33. The van der Waals surface area contributed by atoms with Gasteiger partial charge in [-0.25, -0.2) is 9.78 Å². The molecule has 204 valence electrons. The van der Waals surface area contributed by atoms with E-state index in [9.17, 15) is 32.3 Å². The highest BCUT2D eigenvalue weighted by atomic mass is 19.4. The van der Waals surface area contributed by atoms with Crippen LogP contribution in [-0.4, -0.2) is 66.1 Å². The van der Waals surface area contributed by atoms with Crippen molar-refractivity contribution < 1.29 is 41.8 Å². The number of ether oxygens (including phenoxy) is 2. The van der Waals surface area contributed by atoms with Crippen LogP contribution in [-0.2, 0) is 25.5 Å². The summed E-state index contributed by atoms with van der Waals surface area (Å²) in [4.78, 5) is 55.2. The molecule has 0 saturated carbocycles. The predicted molar refractivity (Wildman–Crippen MR) is 129 cm³/mol. The number of carbonyl (C=O) groups is 4. The summed E-state index contributed by atoms with van der Waals surface area (Å²) in [6.45, 7) is 1.39. The summed E-state index contributed by atoms with van der Waals surface area (Å²) in [6, 6.07) is 7.53. The lowest BCUT2D eigenvalue weighted by molar-refractivity contribution is -0.202. The van der Waals surface area contributed by atoms with Gasteiger partial charge in [-0.1, -0.05) is 6.07 Å². The first-order chi connectivity index (χ1) is 17.9. The number of unbranched alkanes of at least 4 members (excludes halogenated alkanes) is 1. The molecule has 0 radical (unpaired) electrons. The third kappa shape index (κ3) is 6.99. The number of fused-ring (bicyclic) bond motifs is 1. The topological polar surface area (TPSA) is 132 Å². The minimum Gasteiger partial charge on any atom is -0.490 e. The number of anilines is 2. The molecule has 1 aromatic heterocycles. The number of nitrogens with two attached hydrogens (primary N) is 1. The molecule has 13 heteroatoms. The standard InChI is InChI=1S/C25H27F3N4O6/c1-15(12-21(34)38-24(36)25(26,27)28)32-14-20(33)31(2)18-9-8-16(13-17(18)23(32)35)6-3-4-11-37-19-7-5-10-30-22(19)29/h5,7-10,13,15H,3-4,6,11-12,14H2,1-2H3,(H2,29,30). The molecule has 1 aliphatic rings. The molecule has 1 aliphatic heterocycles. The van der Waals surface area contributed by atoms with E-state index in [2.05, 4.69) is 9.72 Å². The van der Waals surface area contributed by atoms with Crippen molar-refractivity contribution in [1.29, 1.82) is 0 Å². The largest absolute Gasteiger partial charge is 0.491 e. The van der Waals surface area contributed by atoms with Crippen molar-refractivity contribution in [2.45, 2.75) is 44.8 Å². The monoisotopic (exact) mass is 536 g/mol. The van der Waals surface area contributed by atoms with Crippen LogP contribution >= 0.6 is 0 Å². The summed E-state index contributed by atoms with van der Waals surface area (Å²) in [6.07, 6.45) is -2.45. The highest BCUT2D eigenvalue weighted by Crippen LogP contribution is 2.28. The Morgan fingerprint density at radius 3 is 2.61 bits per heavy atom. The van der Waals surface area contributed by atoms with Gasteiger partial charge in [0.25, 0.3) is 5.91 Å². The molecule has 0 aliphatic carbocycles. The molecule has 0 fully saturated rings. The van der Waals surface area contributed by atoms with Gasteiger partial charge in [-0.2, -0.15) is 13.2 Å². The van der Waals surface area contributed by atoms with Crippen molar-refractivity contribution in [1.82, 2.24) is 9.88 Å². The maximum absolute atomic E-state index is 13.4. The molecule has 3 rings (SSSR count). The third-order valence-electron chi connectivity index (χ3n) is 5.94. The van der Waals surface area contributed by atoms with Crippen LogP contribution in [0.1, 0.15) is 42.1 Å². The Morgan fingerprint density at radius 1 is 1.18 bits per heavy atom. The zero-order valence-corrected chi connectivity index (χ0v) is 20.8. The number of pyridine rings is 1. The molecule has 10 nitrogen and oxygen atoms in total. The highest BCUT2D eigenvalue weighted by molar-refractivity contribution is 6.09. The lowest BCUT2D eigenvalue weighted by Crippen LogP contribution is -2.44. The smallest absolute Gasteiger partial charge is 0.490 e. The Morgan fingerprint density at radius 2 is 1.92 bits per heavy atom. The van der Waals surface area contributed by atoms with E-state index in [-0.39, 0.29) is 5.56 Å². The number of amides is 2. The number of carbonyl (C=O) groups excluding carboxylic acids is 4. The number of nitrogen functional groups attached to an aromatic ring is 1. The third-order valence-corrected chi connectivity index (χ3v) is 5.94. The molecular weight excluding hydrogens is 509 g/mol. The van der Waals surface area contributed by atoms with Crippen molar-refractivity contribution in [2.75, 3.05) is 30.8 Å². The van der Waals surface area contributed by atoms with E-state index in [1.165, 1.54) is 18.9 Å². The lowest BCUT2D eigenvalue weighted by atomic mass is 10.0. The Hall–Kier alpha value is -4.16. The molecule has 0 bridgehead atoms.